The molecule has 0 radical (unpaired) electrons. The Bertz CT molecular complexity index is 617. The van der Waals surface area contributed by atoms with Crippen LogP contribution in [0.5, 0.6) is 11.5 Å². The van der Waals surface area contributed by atoms with Crippen LogP contribution in [0.1, 0.15) is 18.1 Å². The first kappa shape index (κ1) is 15.3. The molecule has 0 aliphatic heterocycles. The van der Waals surface area contributed by atoms with Crippen molar-refractivity contribution in [2.24, 2.45) is 0 Å². The van der Waals surface area contributed by atoms with Gasteiger partial charge in [-0.15, -0.1) is 0 Å². The molecule has 0 spiro atoms. The van der Waals surface area contributed by atoms with Gasteiger partial charge in [0.2, 0.25) is 0 Å². The van der Waals surface area contributed by atoms with Gasteiger partial charge in [0.05, 0.1) is 6.61 Å². The van der Waals surface area contributed by atoms with Crippen LogP contribution >= 0.6 is 0 Å². The zero-order chi connectivity index (χ0) is 15.2. The quantitative estimate of drug-likeness (QED) is 0.858. The smallest absolute Gasteiger partial charge is 0.161 e. The largest absolute Gasteiger partial charge is 0.504 e. The topological polar surface area (TPSA) is 41.5 Å². The van der Waals surface area contributed by atoms with Crippen molar-refractivity contribution in [3.8, 4) is 11.5 Å². The lowest BCUT2D eigenvalue weighted by molar-refractivity contribution is 0.317. The Morgan fingerprint density at radius 2 is 1.90 bits per heavy atom. The second-order valence-electron chi connectivity index (χ2n) is 4.57. The van der Waals surface area contributed by atoms with E-state index in [1.54, 1.807) is 18.2 Å². The Kier molecular flexibility index (Phi) is 5.11. The molecule has 0 saturated heterocycles. The summed E-state index contributed by atoms with van der Waals surface area (Å²) < 4.78 is 31.5. The van der Waals surface area contributed by atoms with Gasteiger partial charge in [-0.05, 0) is 30.7 Å². The van der Waals surface area contributed by atoms with Crippen LogP contribution < -0.4 is 10.1 Å². The summed E-state index contributed by atoms with van der Waals surface area (Å²) in [6, 6.07) is 8.55. The maximum Gasteiger partial charge on any atom is 0.161 e. The second kappa shape index (κ2) is 7.04. The minimum absolute atomic E-state index is 0.0881. The van der Waals surface area contributed by atoms with E-state index >= 15 is 0 Å². The SMILES string of the molecule is CCOc1cc(CNCc2ccc(F)cc2F)ccc1O. The highest BCUT2D eigenvalue weighted by Crippen LogP contribution is 2.26. The monoisotopic (exact) mass is 293 g/mol. The van der Waals surface area contributed by atoms with E-state index in [0.29, 0.717) is 24.5 Å². The fourth-order valence-corrected chi connectivity index (χ4v) is 1.95. The zero-order valence-corrected chi connectivity index (χ0v) is 11.7. The van der Waals surface area contributed by atoms with E-state index in [-0.39, 0.29) is 12.3 Å². The van der Waals surface area contributed by atoms with Gasteiger partial charge in [0.15, 0.2) is 11.5 Å². The number of aromatic hydroxyl groups is 1. The molecule has 0 fully saturated rings. The summed E-state index contributed by atoms with van der Waals surface area (Å²) in [5.41, 5.74) is 1.30. The molecule has 2 rings (SSSR count). The Balaban J connectivity index is 1.95. The first-order chi connectivity index (χ1) is 10.1. The number of rotatable bonds is 6. The number of hydrogen-bond acceptors (Lipinski definition) is 3. The molecule has 0 bridgehead atoms. The molecule has 21 heavy (non-hydrogen) atoms. The van der Waals surface area contributed by atoms with Crippen LogP contribution in [0.15, 0.2) is 36.4 Å². The minimum Gasteiger partial charge on any atom is -0.504 e. The molecule has 0 unspecified atom stereocenters. The molecular formula is C16H17F2NO2. The maximum absolute atomic E-state index is 13.5. The van der Waals surface area contributed by atoms with Crippen molar-refractivity contribution in [3.63, 3.8) is 0 Å². The first-order valence-corrected chi connectivity index (χ1v) is 6.69. The van der Waals surface area contributed by atoms with Crippen LogP contribution in [-0.2, 0) is 13.1 Å². The number of nitrogens with one attached hydrogen (secondary N) is 1. The Morgan fingerprint density at radius 1 is 1.10 bits per heavy atom. The molecule has 2 N–H and O–H groups in total. The highest BCUT2D eigenvalue weighted by Gasteiger charge is 2.05. The zero-order valence-electron chi connectivity index (χ0n) is 11.7. The molecule has 112 valence electrons. The van der Waals surface area contributed by atoms with Gasteiger partial charge >= 0.3 is 0 Å². The van der Waals surface area contributed by atoms with Crippen LogP contribution in [0, 0.1) is 11.6 Å². The molecule has 2 aromatic rings. The van der Waals surface area contributed by atoms with E-state index in [1.165, 1.54) is 12.1 Å². The van der Waals surface area contributed by atoms with E-state index in [2.05, 4.69) is 5.32 Å². The van der Waals surface area contributed by atoms with Crippen LogP contribution in [0.2, 0.25) is 0 Å². The van der Waals surface area contributed by atoms with Gasteiger partial charge in [-0.25, -0.2) is 8.78 Å². The van der Waals surface area contributed by atoms with Gasteiger partial charge in [0.1, 0.15) is 11.6 Å². The standard InChI is InChI=1S/C16H17F2NO2/c1-2-21-16-7-11(3-6-15(16)20)9-19-10-12-4-5-13(17)8-14(12)18/h3-8,19-20H,2,9-10H2,1H3. The van der Waals surface area contributed by atoms with E-state index in [0.717, 1.165) is 11.6 Å². The molecule has 3 nitrogen and oxygen atoms in total. The first-order valence-electron chi connectivity index (χ1n) is 6.69. The third kappa shape index (κ3) is 4.16. The van der Waals surface area contributed by atoms with Gasteiger partial charge in [-0.2, -0.15) is 0 Å². The molecular weight excluding hydrogens is 276 g/mol. The fraction of sp³-hybridized carbons (Fsp3) is 0.250. The third-order valence-corrected chi connectivity index (χ3v) is 2.98. The molecule has 0 aliphatic rings. The van der Waals surface area contributed by atoms with Crippen molar-refractivity contribution >= 4 is 0 Å². The highest BCUT2D eigenvalue weighted by atomic mass is 19.1. The molecule has 0 aliphatic carbocycles. The number of phenols is 1. The molecule has 0 atom stereocenters. The summed E-state index contributed by atoms with van der Waals surface area (Å²) >= 11 is 0. The van der Waals surface area contributed by atoms with E-state index < -0.39 is 11.6 Å². The van der Waals surface area contributed by atoms with E-state index in [1.807, 2.05) is 6.92 Å². The number of ether oxygens (including phenoxy) is 1. The number of phenolic OH excluding ortho intramolecular Hbond substituents is 1. The van der Waals surface area contributed by atoms with E-state index in [4.69, 9.17) is 4.74 Å². The molecule has 0 heterocycles. The van der Waals surface area contributed by atoms with Crippen LogP contribution in [0.4, 0.5) is 8.78 Å². The molecule has 0 amide bonds. The Hall–Kier alpha value is -2.14. The molecule has 5 heteroatoms. The lowest BCUT2D eigenvalue weighted by Crippen LogP contribution is -2.14. The predicted molar refractivity (Wildman–Crippen MR) is 76.2 cm³/mol. The van der Waals surface area contributed by atoms with Crippen molar-refractivity contribution in [2.45, 2.75) is 20.0 Å². The number of benzene rings is 2. The van der Waals surface area contributed by atoms with Gasteiger partial charge in [0.25, 0.3) is 0 Å². The molecule has 2 aromatic carbocycles. The van der Waals surface area contributed by atoms with E-state index in [9.17, 15) is 13.9 Å². The lowest BCUT2D eigenvalue weighted by Gasteiger charge is -2.10. The predicted octanol–water partition coefficient (Wildman–Crippen LogP) is 3.36. The van der Waals surface area contributed by atoms with Gasteiger partial charge in [-0.3, -0.25) is 0 Å². The second-order valence-corrected chi connectivity index (χ2v) is 4.57. The van der Waals surface area contributed by atoms with Crippen LogP contribution in [0.3, 0.4) is 0 Å². The van der Waals surface area contributed by atoms with Crippen molar-refractivity contribution in [3.05, 3.63) is 59.2 Å². The third-order valence-electron chi connectivity index (χ3n) is 2.98. The lowest BCUT2D eigenvalue weighted by atomic mass is 10.1. The average Bonchev–Trinajstić information content (AvgIpc) is 2.45. The van der Waals surface area contributed by atoms with Crippen molar-refractivity contribution in [1.29, 1.82) is 0 Å². The van der Waals surface area contributed by atoms with Crippen LogP contribution in [0.25, 0.3) is 0 Å². The van der Waals surface area contributed by atoms with Crippen molar-refractivity contribution in [2.75, 3.05) is 6.61 Å². The summed E-state index contributed by atoms with van der Waals surface area (Å²) in [5.74, 6) is -0.644. The summed E-state index contributed by atoms with van der Waals surface area (Å²) in [7, 11) is 0. The Labute approximate surface area is 122 Å². The normalized spacial score (nSPS) is 10.6. The fourth-order valence-electron chi connectivity index (χ4n) is 1.95. The minimum atomic E-state index is -0.587. The molecule has 0 aromatic heterocycles. The summed E-state index contributed by atoms with van der Waals surface area (Å²) in [6.45, 7) is 3.07. The van der Waals surface area contributed by atoms with Crippen molar-refractivity contribution < 1.29 is 18.6 Å². The maximum atomic E-state index is 13.5. The summed E-state index contributed by atoms with van der Waals surface area (Å²) in [6.07, 6.45) is 0. The van der Waals surface area contributed by atoms with Gasteiger partial charge < -0.3 is 15.2 Å². The van der Waals surface area contributed by atoms with Gasteiger partial charge in [-0.1, -0.05) is 12.1 Å². The van der Waals surface area contributed by atoms with Crippen molar-refractivity contribution in [1.82, 2.24) is 5.32 Å². The number of hydrogen-bond donors (Lipinski definition) is 2. The summed E-state index contributed by atoms with van der Waals surface area (Å²) in [4.78, 5) is 0. The molecule has 0 saturated carbocycles. The van der Waals surface area contributed by atoms with Crippen LogP contribution in [-0.4, -0.2) is 11.7 Å². The average molecular weight is 293 g/mol. The Morgan fingerprint density at radius 3 is 2.62 bits per heavy atom. The number of halogens is 2. The summed E-state index contributed by atoms with van der Waals surface area (Å²) in [5, 5.41) is 12.7. The van der Waals surface area contributed by atoms with Gasteiger partial charge in [0, 0.05) is 24.7 Å². The highest BCUT2D eigenvalue weighted by molar-refractivity contribution is 5.41.